The molecule has 1 aliphatic rings. The van der Waals surface area contributed by atoms with Gasteiger partial charge in [0.05, 0.1) is 0 Å². The van der Waals surface area contributed by atoms with Crippen LogP contribution in [-0.2, 0) is 51.1 Å². The van der Waals surface area contributed by atoms with Gasteiger partial charge in [0.15, 0.2) is 0 Å². The zero-order valence-electron chi connectivity index (χ0n) is 14.7. The van der Waals surface area contributed by atoms with Crippen LogP contribution in [0.4, 0.5) is 0 Å². The van der Waals surface area contributed by atoms with E-state index in [1.54, 1.807) is 13.3 Å². The van der Waals surface area contributed by atoms with Crippen LogP contribution in [0.5, 0.6) is 0 Å². The molecule has 29 heavy (non-hydrogen) atoms. The third-order valence-corrected chi connectivity index (χ3v) is 4.69. The van der Waals surface area contributed by atoms with Gasteiger partial charge in [0.25, 0.3) is 0 Å². The summed E-state index contributed by atoms with van der Waals surface area (Å²) in [5.41, 5.74) is 2.87. The molecule has 1 aromatic heterocycles. The molecule has 0 amide bonds. The van der Waals surface area contributed by atoms with Gasteiger partial charge in [0.2, 0.25) is 0 Å². The van der Waals surface area contributed by atoms with Crippen LogP contribution in [-0.4, -0.2) is 21.2 Å². The maximum absolute atomic E-state index is 7.50. The van der Waals surface area contributed by atoms with Crippen LogP contribution in [0.25, 0.3) is 5.57 Å². The van der Waals surface area contributed by atoms with E-state index >= 15 is 0 Å². The van der Waals surface area contributed by atoms with Gasteiger partial charge in [-0.1, -0.05) is 0 Å². The van der Waals surface area contributed by atoms with Gasteiger partial charge in [-0.05, 0) is 0 Å². The summed E-state index contributed by atoms with van der Waals surface area (Å²) < 4.78 is 42.0. The molecule has 0 aromatic carbocycles. The van der Waals surface area contributed by atoms with Gasteiger partial charge < -0.3 is 0 Å². The number of hydrogen-bond acceptors (Lipinski definition) is 3. The molecule has 152 valence electrons. The number of methoxy groups -OCH3 is 1. The van der Waals surface area contributed by atoms with Crippen LogP contribution < -0.4 is 0 Å². The van der Waals surface area contributed by atoms with Crippen LogP contribution >= 0.6 is 34.8 Å². The summed E-state index contributed by atoms with van der Waals surface area (Å²) in [5, 5.41) is 0. The molecule has 0 aliphatic heterocycles. The molecule has 0 bridgehead atoms. The second kappa shape index (κ2) is 23.2. The number of halogens is 3. The van der Waals surface area contributed by atoms with E-state index in [4.69, 9.17) is 62.8 Å². The first kappa shape index (κ1) is 35.4. The number of rotatable bonds is 3. The van der Waals surface area contributed by atoms with Crippen molar-refractivity contribution in [3.05, 3.63) is 62.6 Å². The molecule has 0 fully saturated rings. The zero-order valence-corrected chi connectivity index (χ0v) is 19.9. The maximum atomic E-state index is 7.50. The quantitative estimate of drug-likeness (QED) is 0.288. The van der Waals surface area contributed by atoms with E-state index in [-0.39, 0.29) is 5.82 Å². The van der Waals surface area contributed by atoms with Crippen molar-refractivity contribution in [3.63, 3.8) is 0 Å². The molecule has 0 spiro atoms. The fourth-order valence-corrected chi connectivity index (χ4v) is 2.72. The van der Waals surface area contributed by atoms with Gasteiger partial charge in [-0.2, -0.15) is 0 Å². The van der Waals surface area contributed by atoms with Gasteiger partial charge in [0.1, 0.15) is 0 Å². The number of nitrogens with zero attached hydrogens (tertiary/aromatic N) is 2. The van der Waals surface area contributed by atoms with E-state index < -0.39 is 3.79 Å². The monoisotopic (exact) mass is 628 g/mol. The first-order chi connectivity index (χ1) is 13.9. The average molecular weight is 629 g/mol. The predicted molar refractivity (Wildman–Crippen MR) is 93.9 cm³/mol. The second-order valence-corrected chi connectivity index (χ2v) is 7.68. The van der Waals surface area contributed by atoms with Gasteiger partial charge in [-0.25, -0.2) is 0 Å². The minimum atomic E-state index is -1.61. The summed E-state index contributed by atoms with van der Waals surface area (Å²) in [4.78, 5) is 8.56. The Balaban J connectivity index is -0.000000273. The molecule has 2 rings (SSSR count). The molecule has 1 aromatic rings. The van der Waals surface area contributed by atoms with Gasteiger partial charge in [-0.3, -0.25) is 0 Å². The van der Waals surface area contributed by atoms with E-state index in [1.165, 1.54) is 24.9 Å². The zero-order chi connectivity index (χ0) is 24.0. The minimum absolute atomic E-state index is 0.197. The summed E-state index contributed by atoms with van der Waals surface area (Å²) in [6.45, 7) is 22.5. The first-order valence-corrected chi connectivity index (χ1v) is 9.27. The van der Waals surface area contributed by atoms with Crippen molar-refractivity contribution >= 4 is 44.5 Å². The third kappa shape index (κ3) is 13.7. The Bertz CT molecular complexity index is 717. The van der Waals surface area contributed by atoms with Crippen molar-refractivity contribution in [2.75, 3.05) is 7.11 Å². The molecule has 1 heterocycles. The molecular formula is C17H11Cl3N2O6W. The average Bonchev–Trinajstić information content (AvgIpc) is 3.34. The van der Waals surface area contributed by atoms with Crippen LogP contribution in [0.3, 0.4) is 0 Å². The van der Waals surface area contributed by atoms with E-state index in [0.717, 1.165) is 34.6 Å². The normalized spacial score (nSPS) is 10.5. The SMILES string of the molecule is CO[C](=[W])c1cnc(C(Cl)(Cl)Cl)nc1C1=CCCC1.[C-]#[O+].[C-]#[O+].[C-]#[O+].[C-]#[O+].[C-]#[O+]. The molecule has 0 saturated heterocycles. The Hall–Kier alpha value is -1.09. The summed E-state index contributed by atoms with van der Waals surface area (Å²) in [5.74, 6) is 0.197. The van der Waals surface area contributed by atoms with Crippen LogP contribution in [0, 0.1) is 33.3 Å². The van der Waals surface area contributed by atoms with Gasteiger partial charge >= 0.3 is 195 Å². The molecule has 12 heteroatoms. The molecule has 0 N–H and O–H groups in total. The number of ether oxygens (including phenoxy) is 1. The van der Waals surface area contributed by atoms with Crippen LogP contribution in [0.2, 0.25) is 0 Å². The Labute approximate surface area is 194 Å². The van der Waals surface area contributed by atoms with Crippen molar-refractivity contribution in [2.24, 2.45) is 0 Å². The van der Waals surface area contributed by atoms with Crippen molar-refractivity contribution in [3.8, 4) is 0 Å². The standard InChI is InChI=1S/C12H11Cl3N2O.5CO.W/c1-18-7-9-6-16-11(12(13,14)15)17-10(9)8-4-2-3-5-8;5*1-2;/h4,6H,2-3,5H2,1H3;;;;;;. The number of aromatic nitrogens is 2. The van der Waals surface area contributed by atoms with E-state index in [2.05, 4.69) is 49.3 Å². The third-order valence-electron chi connectivity index (χ3n) is 2.79. The molecule has 0 radical (unpaired) electrons. The molecule has 0 saturated carbocycles. The predicted octanol–water partition coefficient (Wildman–Crippen LogP) is 3.35. The molecule has 1 aliphatic carbocycles. The van der Waals surface area contributed by atoms with Crippen LogP contribution in [0.15, 0.2) is 12.3 Å². The van der Waals surface area contributed by atoms with E-state index in [0.29, 0.717) is 0 Å². The van der Waals surface area contributed by atoms with E-state index in [9.17, 15) is 0 Å². The Morgan fingerprint density at radius 3 is 1.86 bits per heavy atom. The van der Waals surface area contributed by atoms with Crippen molar-refractivity contribution in [2.45, 2.75) is 23.1 Å². The van der Waals surface area contributed by atoms with Crippen molar-refractivity contribution < 1.29 is 47.4 Å². The Kier molecular flexibility index (Phi) is 28.3. The Morgan fingerprint density at radius 1 is 1.03 bits per heavy atom. The summed E-state index contributed by atoms with van der Waals surface area (Å²) >= 11 is 18.8. The molecular weight excluding hydrogens is 618 g/mol. The summed E-state index contributed by atoms with van der Waals surface area (Å²) in [7, 11) is 1.64. The van der Waals surface area contributed by atoms with Crippen molar-refractivity contribution in [1.82, 2.24) is 9.97 Å². The molecule has 0 atom stereocenters. The second-order valence-electron chi connectivity index (χ2n) is 4.07. The molecule has 8 nitrogen and oxygen atoms in total. The Morgan fingerprint density at radius 2 is 1.52 bits per heavy atom. The number of hydrogen-bond donors (Lipinski definition) is 0. The number of alkyl halides is 3. The van der Waals surface area contributed by atoms with Gasteiger partial charge in [0, 0.05) is 0 Å². The van der Waals surface area contributed by atoms with Crippen LogP contribution in [0.1, 0.15) is 36.3 Å². The fraction of sp³-hybridized carbons (Fsp3) is 0.294. The van der Waals surface area contributed by atoms with Crippen molar-refractivity contribution in [1.29, 1.82) is 0 Å². The fourth-order valence-electron chi connectivity index (χ4n) is 1.91. The summed E-state index contributed by atoms with van der Waals surface area (Å²) in [6.07, 6.45) is 7.01. The topological polar surface area (TPSA) is 135 Å². The molecule has 0 unspecified atom stereocenters. The summed E-state index contributed by atoms with van der Waals surface area (Å²) in [6, 6.07) is 0. The van der Waals surface area contributed by atoms with Gasteiger partial charge in [-0.15, -0.1) is 0 Å². The van der Waals surface area contributed by atoms with E-state index in [1.807, 2.05) is 0 Å². The number of allylic oxidation sites excluding steroid dienone is 2. The first-order valence-electron chi connectivity index (χ1n) is 6.67.